The molecular formula is C28H28N6O3S. The van der Waals surface area contributed by atoms with Gasteiger partial charge in [-0.15, -0.1) is 0 Å². The minimum Gasteiger partial charge on any atom is -0.383 e. The summed E-state index contributed by atoms with van der Waals surface area (Å²) in [5, 5.41) is 4.72. The Labute approximate surface area is 221 Å². The van der Waals surface area contributed by atoms with Crippen LogP contribution in [-0.4, -0.2) is 46.3 Å². The number of hydrogen-bond donors (Lipinski definition) is 2. The van der Waals surface area contributed by atoms with Crippen molar-refractivity contribution in [2.75, 3.05) is 24.1 Å². The van der Waals surface area contributed by atoms with Crippen LogP contribution in [-0.2, 0) is 10.0 Å². The summed E-state index contributed by atoms with van der Waals surface area (Å²) >= 11 is 0. The second-order valence-corrected chi connectivity index (χ2v) is 11.9. The van der Waals surface area contributed by atoms with Crippen LogP contribution in [0.4, 0.5) is 11.5 Å². The van der Waals surface area contributed by atoms with E-state index < -0.39 is 10.0 Å². The van der Waals surface area contributed by atoms with Crippen molar-refractivity contribution in [3.8, 4) is 11.1 Å². The summed E-state index contributed by atoms with van der Waals surface area (Å²) in [7, 11) is -3.40. The molecule has 38 heavy (non-hydrogen) atoms. The number of amides is 1. The molecule has 1 aliphatic carbocycles. The van der Waals surface area contributed by atoms with E-state index in [1.165, 1.54) is 6.33 Å². The van der Waals surface area contributed by atoms with E-state index in [1.807, 2.05) is 42.5 Å². The van der Waals surface area contributed by atoms with Crippen LogP contribution in [0.5, 0.6) is 0 Å². The Morgan fingerprint density at radius 3 is 2.37 bits per heavy atom. The SMILES string of the molecule is C=CS(=O)(=O)N1CC2CC(n3cc(-c4ccc(C(=O)Nc5ccccc5)cc4)c4c(N)ncnc43)CC2C1. The van der Waals surface area contributed by atoms with Crippen molar-refractivity contribution in [1.29, 1.82) is 0 Å². The maximum Gasteiger partial charge on any atom is 0.255 e. The lowest BCUT2D eigenvalue weighted by Crippen LogP contribution is -2.28. The molecule has 194 valence electrons. The number of anilines is 2. The van der Waals surface area contributed by atoms with Gasteiger partial charge in [-0.2, -0.15) is 4.31 Å². The van der Waals surface area contributed by atoms with Gasteiger partial charge in [0.05, 0.1) is 5.39 Å². The minimum absolute atomic E-state index is 0.181. The molecule has 0 spiro atoms. The van der Waals surface area contributed by atoms with Crippen LogP contribution in [0.2, 0.25) is 0 Å². The highest BCUT2D eigenvalue weighted by atomic mass is 32.2. The number of nitrogen functional groups attached to an aromatic ring is 1. The first-order chi connectivity index (χ1) is 18.3. The third kappa shape index (κ3) is 4.25. The highest BCUT2D eigenvalue weighted by Gasteiger charge is 2.44. The van der Waals surface area contributed by atoms with Crippen LogP contribution in [0.15, 0.2) is 79.1 Å². The Hall–Kier alpha value is -4.02. The molecule has 2 unspecified atom stereocenters. The quantitative estimate of drug-likeness (QED) is 0.385. The Morgan fingerprint density at radius 2 is 1.71 bits per heavy atom. The molecule has 9 nitrogen and oxygen atoms in total. The van der Waals surface area contributed by atoms with Gasteiger partial charge in [-0.05, 0) is 54.5 Å². The molecule has 3 N–H and O–H groups in total. The summed E-state index contributed by atoms with van der Waals surface area (Å²) in [6.07, 6.45) is 5.26. The Morgan fingerprint density at radius 1 is 1.03 bits per heavy atom. The molecular weight excluding hydrogens is 500 g/mol. The Balaban J connectivity index is 1.27. The summed E-state index contributed by atoms with van der Waals surface area (Å²) in [5.74, 6) is 0.795. The molecule has 4 aromatic rings. The summed E-state index contributed by atoms with van der Waals surface area (Å²) < 4.78 is 28.2. The van der Waals surface area contributed by atoms with Gasteiger partial charge >= 0.3 is 0 Å². The number of rotatable bonds is 6. The van der Waals surface area contributed by atoms with E-state index >= 15 is 0 Å². The number of hydrogen-bond acceptors (Lipinski definition) is 6. The van der Waals surface area contributed by atoms with Gasteiger partial charge in [0.15, 0.2) is 0 Å². The highest BCUT2D eigenvalue weighted by molar-refractivity contribution is 7.92. The highest BCUT2D eigenvalue weighted by Crippen LogP contribution is 2.47. The number of fused-ring (bicyclic) bond motifs is 2. The predicted octanol–water partition coefficient (Wildman–Crippen LogP) is 4.29. The first-order valence-corrected chi connectivity index (χ1v) is 14.0. The van der Waals surface area contributed by atoms with E-state index in [4.69, 9.17) is 5.73 Å². The lowest BCUT2D eigenvalue weighted by molar-refractivity contribution is 0.102. The molecule has 10 heteroatoms. The number of benzene rings is 2. The average Bonchev–Trinajstić information content (AvgIpc) is 3.62. The van der Waals surface area contributed by atoms with E-state index in [2.05, 4.69) is 32.6 Å². The standard InChI is InChI=1S/C28H28N6O3S/c1-2-38(36,37)33-14-20-12-23(13-21(20)15-33)34-16-24(25-26(29)30-17-31-27(25)34)18-8-10-19(11-9-18)28(35)32-22-6-4-3-5-7-22/h2-11,16-17,20-21,23H,1,12-15H2,(H,32,35)(H2,29,30,31). The van der Waals surface area contributed by atoms with Crippen molar-refractivity contribution in [3.05, 3.63) is 84.7 Å². The molecule has 1 amide bonds. The van der Waals surface area contributed by atoms with E-state index in [0.29, 0.717) is 24.5 Å². The van der Waals surface area contributed by atoms with E-state index in [9.17, 15) is 13.2 Å². The zero-order chi connectivity index (χ0) is 26.4. The molecule has 1 saturated heterocycles. The molecule has 2 aromatic heterocycles. The average molecular weight is 529 g/mol. The molecule has 3 heterocycles. The molecule has 2 fully saturated rings. The molecule has 2 aromatic carbocycles. The zero-order valence-corrected chi connectivity index (χ0v) is 21.5. The number of nitrogens with one attached hydrogen (secondary N) is 1. The number of aromatic nitrogens is 3. The second kappa shape index (κ2) is 9.38. The fourth-order valence-corrected chi connectivity index (χ4v) is 6.91. The monoisotopic (exact) mass is 528 g/mol. The van der Waals surface area contributed by atoms with E-state index in [1.54, 1.807) is 16.4 Å². The molecule has 1 aliphatic heterocycles. The topological polar surface area (TPSA) is 123 Å². The summed E-state index contributed by atoms with van der Waals surface area (Å²) in [4.78, 5) is 21.5. The minimum atomic E-state index is -3.40. The first-order valence-electron chi connectivity index (χ1n) is 12.5. The largest absolute Gasteiger partial charge is 0.383 e. The summed E-state index contributed by atoms with van der Waals surface area (Å²) in [5.41, 5.74) is 10.2. The van der Waals surface area contributed by atoms with Gasteiger partial charge in [0, 0.05) is 47.6 Å². The molecule has 0 bridgehead atoms. The maximum absolute atomic E-state index is 12.7. The number of para-hydroxylation sites is 1. The van der Waals surface area contributed by atoms with E-state index in [0.717, 1.165) is 46.1 Å². The number of carbonyl (C=O) groups is 1. The van der Waals surface area contributed by atoms with Crippen molar-refractivity contribution in [2.24, 2.45) is 11.8 Å². The number of carbonyl (C=O) groups excluding carboxylic acids is 1. The second-order valence-electron chi connectivity index (χ2n) is 9.98. The van der Waals surface area contributed by atoms with E-state index in [-0.39, 0.29) is 23.8 Å². The third-order valence-corrected chi connectivity index (χ3v) is 9.22. The molecule has 2 aliphatic rings. The number of nitrogens with zero attached hydrogens (tertiary/aromatic N) is 4. The summed E-state index contributed by atoms with van der Waals surface area (Å²) in [6.45, 7) is 4.50. The lowest BCUT2D eigenvalue weighted by atomic mass is 10.0. The van der Waals surface area contributed by atoms with Crippen molar-refractivity contribution >= 4 is 38.5 Å². The zero-order valence-electron chi connectivity index (χ0n) is 20.7. The van der Waals surface area contributed by atoms with Gasteiger partial charge in [-0.3, -0.25) is 4.79 Å². The molecule has 2 atom stereocenters. The maximum atomic E-state index is 12.7. The van der Waals surface area contributed by atoms with Crippen LogP contribution in [0.3, 0.4) is 0 Å². The number of nitrogens with two attached hydrogens (primary N) is 1. The van der Waals surface area contributed by atoms with Crippen molar-refractivity contribution in [3.63, 3.8) is 0 Å². The van der Waals surface area contributed by atoms with Crippen LogP contribution in [0.1, 0.15) is 29.2 Å². The Bertz CT molecular complexity index is 1620. The molecule has 0 radical (unpaired) electrons. The van der Waals surface area contributed by atoms with Crippen LogP contribution < -0.4 is 11.1 Å². The van der Waals surface area contributed by atoms with Crippen molar-refractivity contribution < 1.29 is 13.2 Å². The Kier molecular flexibility index (Phi) is 6.00. The van der Waals surface area contributed by atoms with Crippen LogP contribution >= 0.6 is 0 Å². The molecule has 6 rings (SSSR count). The van der Waals surface area contributed by atoms with Crippen LogP contribution in [0.25, 0.3) is 22.2 Å². The van der Waals surface area contributed by atoms with Gasteiger partial charge in [0.1, 0.15) is 17.8 Å². The first kappa shape index (κ1) is 24.3. The van der Waals surface area contributed by atoms with Gasteiger partial charge in [-0.1, -0.05) is 36.9 Å². The van der Waals surface area contributed by atoms with Crippen molar-refractivity contribution in [2.45, 2.75) is 18.9 Å². The van der Waals surface area contributed by atoms with Gasteiger partial charge in [-0.25, -0.2) is 18.4 Å². The van der Waals surface area contributed by atoms with Gasteiger partial charge < -0.3 is 15.6 Å². The fourth-order valence-electron chi connectivity index (χ4n) is 5.90. The normalized spacial score (nSPS) is 21.4. The van der Waals surface area contributed by atoms with Crippen molar-refractivity contribution in [1.82, 2.24) is 18.8 Å². The smallest absolute Gasteiger partial charge is 0.255 e. The van der Waals surface area contributed by atoms with Crippen LogP contribution in [0, 0.1) is 11.8 Å². The predicted molar refractivity (Wildman–Crippen MR) is 148 cm³/mol. The lowest BCUT2D eigenvalue weighted by Gasteiger charge is -2.18. The van der Waals surface area contributed by atoms with Gasteiger partial charge in [0.2, 0.25) is 10.0 Å². The fraction of sp³-hybridized carbons (Fsp3) is 0.250. The molecule has 1 saturated carbocycles. The van der Waals surface area contributed by atoms with Gasteiger partial charge in [0.25, 0.3) is 5.91 Å². The summed E-state index contributed by atoms with van der Waals surface area (Å²) in [6, 6.07) is 16.9. The third-order valence-electron chi connectivity index (χ3n) is 7.78. The number of sulfonamides is 1.